The molecule has 1 unspecified atom stereocenters. The fourth-order valence-electron chi connectivity index (χ4n) is 8.02. The first-order valence-electron chi connectivity index (χ1n) is 18.3. The van der Waals surface area contributed by atoms with Gasteiger partial charge in [-0.2, -0.15) is 0 Å². The number of anilines is 1. The largest absolute Gasteiger partial charge is 0.507 e. The third-order valence-electron chi connectivity index (χ3n) is 10.7. The molecule has 2 aromatic carbocycles. The Morgan fingerprint density at radius 2 is 1.87 bits per heavy atom. The average molecular weight is 731 g/mol. The van der Waals surface area contributed by atoms with Crippen molar-refractivity contribution in [3.63, 3.8) is 0 Å². The second-order valence-corrected chi connectivity index (χ2v) is 14.2. The van der Waals surface area contributed by atoms with Crippen LogP contribution in [0.5, 0.6) is 5.75 Å². The number of phenols is 1. The number of pyridine rings is 1. The number of aromatic nitrogens is 6. The molecule has 3 N–H and O–H groups in total. The number of nitrogens with one attached hydrogen (secondary N) is 2. The molecule has 3 aromatic heterocycles. The van der Waals surface area contributed by atoms with Gasteiger partial charge in [0.2, 0.25) is 11.8 Å². The molecule has 0 spiro atoms. The fourth-order valence-corrected chi connectivity index (χ4v) is 8.02. The maximum atomic E-state index is 13.2. The summed E-state index contributed by atoms with van der Waals surface area (Å²) in [4.78, 5) is 59.6. The highest BCUT2D eigenvalue weighted by atomic mass is 16.3. The molecule has 3 aliphatic rings. The number of aromatic hydroxyl groups is 1. The first-order valence-corrected chi connectivity index (χ1v) is 18.3. The second kappa shape index (κ2) is 14.7. The van der Waals surface area contributed by atoms with E-state index in [-0.39, 0.29) is 35.6 Å². The minimum atomic E-state index is -0.714. The molecule has 3 aliphatic heterocycles. The molecule has 0 aliphatic carbocycles. The highest BCUT2D eigenvalue weighted by Gasteiger charge is 2.42. The Labute approximate surface area is 310 Å². The maximum Gasteiger partial charge on any atom is 0.329 e. The number of aryl methyl sites for hydroxylation is 2. The van der Waals surface area contributed by atoms with Crippen molar-refractivity contribution < 1.29 is 19.5 Å². The Morgan fingerprint density at radius 3 is 2.69 bits per heavy atom. The zero-order valence-electron chi connectivity index (χ0n) is 30.0. The van der Waals surface area contributed by atoms with Gasteiger partial charge in [0.1, 0.15) is 17.6 Å². The number of piperazine rings is 1. The quantitative estimate of drug-likeness (QED) is 0.0704. The number of rotatable bonds is 13. The molecular formula is C39H42N10O5. The molecule has 3 saturated heterocycles. The van der Waals surface area contributed by atoms with Crippen molar-refractivity contribution >= 4 is 34.4 Å². The summed E-state index contributed by atoms with van der Waals surface area (Å²) < 4.78 is 4.89. The van der Waals surface area contributed by atoms with Gasteiger partial charge in [-0.1, -0.05) is 35.5 Å². The van der Waals surface area contributed by atoms with Crippen LogP contribution in [0.2, 0.25) is 0 Å². The lowest BCUT2D eigenvalue weighted by atomic mass is 10.1. The lowest BCUT2D eigenvalue weighted by Crippen LogP contribution is -2.44. The molecule has 0 saturated carbocycles. The maximum absolute atomic E-state index is 13.2. The Bertz CT molecular complexity index is 2330. The molecule has 3 fully saturated rings. The predicted octanol–water partition coefficient (Wildman–Crippen LogP) is 2.44. The van der Waals surface area contributed by atoms with Crippen LogP contribution in [0.1, 0.15) is 59.0 Å². The van der Waals surface area contributed by atoms with Crippen molar-refractivity contribution in [1.82, 2.24) is 44.6 Å². The van der Waals surface area contributed by atoms with Gasteiger partial charge in [0.05, 0.1) is 34.5 Å². The lowest BCUT2D eigenvalue weighted by molar-refractivity contribution is -0.135. The topological polar surface area (TPSA) is 173 Å². The number of fused-ring (bicyclic) bond motifs is 3. The number of carbonyl (C=O) groups excluding carboxylic acids is 3. The van der Waals surface area contributed by atoms with Crippen LogP contribution in [0.3, 0.4) is 0 Å². The van der Waals surface area contributed by atoms with E-state index in [1.54, 1.807) is 35.9 Å². The highest BCUT2D eigenvalue weighted by molar-refractivity contribution is 6.06. The monoisotopic (exact) mass is 730 g/mol. The molecule has 278 valence electrons. The second-order valence-electron chi connectivity index (χ2n) is 14.2. The van der Waals surface area contributed by atoms with E-state index in [4.69, 9.17) is 4.98 Å². The van der Waals surface area contributed by atoms with E-state index in [1.807, 2.05) is 53.5 Å². The number of phenolic OH excluding ortho intramolecular Hbond substituents is 1. The Hall–Kier alpha value is -6.09. The van der Waals surface area contributed by atoms with Crippen LogP contribution < -0.4 is 21.2 Å². The summed E-state index contributed by atoms with van der Waals surface area (Å²) in [5.41, 5.74) is 4.21. The molecule has 2 bridgehead atoms. The predicted molar refractivity (Wildman–Crippen MR) is 200 cm³/mol. The molecule has 15 heteroatoms. The van der Waals surface area contributed by atoms with E-state index in [2.05, 4.69) is 30.7 Å². The molecule has 3 atom stereocenters. The molecule has 15 nitrogen and oxygen atoms in total. The van der Waals surface area contributed by atoms with Crippen LogP contribution in [0.25, 0.3) is 11.0 Å². The number of amides is 2. The normalized spacial score (nSPS) is 19.8. The molecule has 5 aromatic rings. The van der Waals surface area contributed by atoms with Gasteiger partial charge < -0.3 is 20.2 Å². The van der Waals surface area contributed by atoms with Gasteiger partial charge in [-0.15, -0.1) is 5.10 Å². The number of imide groups is 1. The summed E-state index contributed by atoms with van der Waals surface area (Å²) in [6.07, 6.45) is 8.44. The van der Waals surface area contributed by atoms with E-state index >= 15 is 0 Å². The van der Waals surface area contributed by atoms with Crippen molar-refractivity contribution in [1.29, 1.82) is 0 Å². The van der Waals surface area contributed by atoms with Crippen molar-refractivity contribution in [2.75, 3.05) is 24.5 Å². The SMILES string of the molecule is Cn1c(=O)n(C2CCC(=O)NC2=O)c2cccc(CNCCCc3cn(Cc4cccc(N5C[C@H]6C[C@@H]5CN6/C=C/C(=O)c5ccccc5O)n4)nn3)c21. The minimum absolute atomic E-state index is 0.0108. The van der Waals surface area contributed by atoms with Crippen LogP contribution in [0.4, 0.5) is 5.82 Å². The number of benzene rings is 2. The summed E-state index contributed by atoms with van der Waals surface area (Å²) in [5.74, 6) is -0.0450. The van der Waals surface area contributed by atoms with Crippen LogP contribution in [-0.2, 0) is 36.1 Å². The smallest absolute Gasteiger partial charge is 0.329 e. The molecule has 8 rings (SSSR count). The lowest BCUT2D eigenvalue weighted by Gasteiger charge is -2.34. The van der Waals surface area contributed by atoms with Gasteiger partial charge in [0, 0.05) is 63.7 Å². The number of hydrogen-bond donors (Lipinski definition) is 3. The summed E-state index contributed by atoms with van der Waals surface area (Å²) in [5, 5.41) is 24.6. The fraction of sp³-hybridized carbons (Fsp3) is 0.359. The van der Waals surface area contributed by atoms with E-state index < -0.39 is 11.9 Å². The van der Waals surface area contributed by atoms with Crippen LogP contribution >= 0.6 is 0 Å². The summed E-state index contributed by atoms with van der Waals surface area (Å²) in [6.45, 7) is 3.40. The van der Waals surface area contributed by atoms with Crippen LogP contribution in [0, 0.1) is 0 Å². The Balaban J connectivity index is 0.818. The first kappa shape index (κ1) is 35.0. The van der Waals surface area contributed by atoms with Gasteiger partial charge in [0.15, 0.2) is 5.78 Å². The van der Waals surface area contributed by atoms with Gasteiger partial charge in [-0.05, 0) is 68.1 Å². The number of likely N-dealkylation sites (tertiary alicyclic amines) is 1. The molecular weight excluding hydrogens is 688 g/mol. The van der Waals surface area contributed by atoms with E-state index in [0.717, 1.165) is 67.2 Å². The first-order chi connectivity index (χ1) is 26.2. The number of carbonyl (C=O) groups is 3. The third kappa shape index (κ3) is 6.89. The van der Waals surface area contributed by atoms with Crippen LogP contribution in [0.15, 0.2) is 83.9 Å². The molecule has 0 radical (unpaired) electrons. The van der Waals surface area contributed by atoms with E-state index in [1.165, 1.54) is 10.6 Å². The number of para-hydroxylation sites is 2. The number of piperidine rings is 1. The Kier molecular flexibility index (Phi) is 9.54. The van der Waals surface area contributed by atoms with Gasteiger partial charge in [0.25, 0.3) is 0 Å². The molecule has 6 heterocycles. The summed E-state index contributed by atoms with van der Waals surface area (Å²) >= 11 is 0. The van der Waals surface area contributed by atoms with Gasteiger partial charge in [-0.25, -0.2) is 14.5 Å². The molecule has 2 amide bonds. The number of ketones is 1. The van der Waals surface area contributed by atoms with Gasteiger partial charge in [-0.3, -0.25) is 28.8 Å². The Morgan fingerprint density at radius 1 is 1.02 bits per heavy atom. The standard InChI is InChI=1S/C39H42N10O5/c1-45-37-25(7-4-11-31(37)49(39(45)54)32-14-15-36(52)42-38(32)53)20-40-17-6-9-27-22-47(44-43-27)21-26-8-5-13-35(41-26)48-24-28-19-29(48)23-46(28)18-16-34(51)30-10-2-3-12-33(30)50/h2-5,7-8,10-13,16,18,22,28-29,32,40,50H,6,9,14-15,17,19-21,23-24H2,1H3,(H,42,52,53)/b18-16+/t28-,29-,32?/m1/s1. The number of nitrogens with zero attached hydrogens (tertiary/aromatic N) is 8. The number of allylic oxidation sites excluding steroid dienone is 1. The van der Waals surface area contributed by atoms with E-state index in [0.29, 0.717) is 36.6 Å². The van der Waals surface area contributed by atoms with Crippen molar-refractivity contribution in [2.45, 2.75) is 63.3 Å². The van der Waals surface area contributed by atoms with Crippen molar-refractivity contribution in [3.8, 4) is 5.75 Å². The number of imidazole rings is 1. The number of hydrogen-bond acceptors (Lipinski definition) is 11. The van der Waals surface area contributed by atoms with Gasteiger partial charge >= 0.3 is 5.69 Å². The highest BCUT2D eigenvalue weighted by Crippen LogP contribution is 2.34. The average Bonchev–Trinajstić information content (AvgIpc) is 3.95. The van der Waals surface area contributed by atoms with Crippen molar-refractivity contribution in [2.24, 2.45) is 7.05 Å². The summed E-state index contributed by atoms with van der Waals surface area (Å²) in [7, 11) is 1.71. The van der Waals surface area contributed by atoms with Crippen molar-refractivity contribution in [3.05, 3.63) is 112 Å². The zero-order valence-corrected chi connectivity index (χ0v) is 30.0. The van der Waals surface area contributed by atoms with Crippen LogP contribution in [-0.4, -0.2) is 88.4 Å². The molecule has 54 heavy (non-hydrogen) atoms. The summed E-state index contributed by atoms with van der Waals surface area (Å²) in [6, 6.07) is 18.2. The third-order valence-corrected chi connectivity index (χ3v) is 10.7. The zero-order chi connectivity index (χ0) is 37.3. The minimum Gasteiger partial charge on any atom is -0.507 e. The van der Waals surface area contributed by atoms with E-state index in [9.17, 15) is 24.3 Å².